The zero-order chi connectivity index (χ0) is 5.91. The summed E-state index contributed by atoms with van der Waals surface area (Å²) in [6, 6.07) is 0. The molecule has 0 aliphatic heterocycles. The summed E-state index contributed by atoms with van der Waals surface area (Å²) >= 11 is 0. The van der Waals surface area contributed by atoms with Gasteiger partial charge in [0, 0.05) is 20.9 Å². The van der Waals surface area contributed by atoms with Gasteiger partial charge in [-0.15, -0.1) is 0 Å². The molecule has 0 saturated heterocycles. The van der Waals surface area contributed by atoms with Crippen molar-refractivity contribution in [3.8, 4) is 0 Å². The van der Waals surface area contributed by atoms with Crippen LogP contribution in [-0.2, 0) is 13.6 Å². The van der Waals surface area contributed by atoms with E-state index in [9.17, 15) is 4.57 Å². The Kier molecular flexibility index (Phi) is 11.2. The first-order chi connectivity index (χ1) is 3.12. The van der Waals surface area contributed by atoms with Gasteiger partial charge < -0.3 is 9.05 Å². The molecule has 0 aliphatic rings. The van der Waals surface area contributed by atoms with Gasteiger partial charge in [0.15, 0.2) is 0 Å². The molecule has 3 nitrogen and oxygen atoms in total. The summed E-state index contributed by atoms with van der Waals surface area (Å²) in [7, 11) is 0.0486. The SMILES string of the molecule is C.C.COP(C)(=O)OC. The van der Waals surface area contributed by atoms with E-state index >= 15 is 0 Å². The molecule has 0 fully saturated rings. The van der Waals surface area contributed by atoms with E-state index in [0.717, 1.165) is 0 Å². The Morgan fingerprint density at radius 3 is 1.33 bits per heavy atom. The van der Waals surface area contributed by atoms with Gasteiger partial charge >= 0.3 is 7.60 Å². The van der Waals surface area contributed by atoms with Crippen molar-refractivity contribution in [3.63, 3.8) is 0 Å². The molecule has 0 heterocycles. The van der Waals surface area contributed by atoms with Crippen LogP contribution in [0.1, 0.15) is 14.9 Å². The van der Waals surface area contributed by atoms with Crippen molar-refractivity contribution in [2.24, 2.45) is 0 Å². The first kappa shape index (κ1) is 16.1. The first-order valence-electron chi connectivity index (χ1n) is 1.81. The van der Waals surface area contributed by atoms with E-state index in [1.54, 1.807) is 0 Å². The molecule has 0 spiro atoms. The highest BCUT2D eigenvalue weighted by Gasteiger charge is 2.08. The van der Waals surface area contributed by atoms with E-state index in [4.69, 9.17) is 0 Å². The summed E-state index contributed by atoms with van der Waals surface area (Å²) in [6.07, 6.45) is 0. The fourth-order valence-electron chi connectivity index (χ4n) is 0.0745. The van der Waals surface area contributed by atoms with Crippen LogP contribution in [0.5, 0.6) is 0 Å². The lowest BCUT2D eigenvalue weighted by Crippen LogP contribution is -1.82. The Morgan fingerprint density at radius 1 is 1.11 bits per heavy atom. The molecule has 0 unspecified atom stereocenters. The topological polar surface area (TPSA) is 35.5 Å². The molecule has 0 bridgehead atoms. The molecule has 9 heavy (non-hydrogen) atoms. The van der Waals surface area contributed by atoms with Crippen molar-refractivity contribution in [3.05, 3.63) is 0 Å². The Balaban J connectivity index is -0.000000180. The second-order valence-corrected chi connectivity index (χ2v) is 3.41. The molecule has 0 radical (unpaired) electrons. The maximum Gasteiger partial charge on any atom is 0.327 e. The van der Waals surface area contributed by atoms with E-state index in [-0.39, 0.29) is 14.9 Å². The van der Waals surface area contributed by atoms with Gasteiger partial charge in [0.05, 0.1) is 0 Å². The highest BCUT2D eigenvalue weighted by molar-refractivity contribution is 7.52. The Bertz CT molecular complexity index is 84.2. The summed E-state index contributed by atoms with van der Waals surface area (Å²) in [6.45, 7) is 1.41. The molecule has 0 aromatic heterocycles. The van der Waals surface area contributed by atoms with Crippen LogP contribution >= 0.6 is 7.60 Å². The number of hydrogen-bond donors (Lipinski definition) is 0. The van der Waals surface area contributed by atoms with Crippen molar-refractivity contribution in [1.29, 1.82) is 0 Å². The molecule has 0 aromatic rings. The summed E-state index contributed by atoms with van der Waals surface area (Å²) in [5.41, 5.74) is 0. The monoisotopic (exact) mass is 156 g/mol. The number of hydrogen-bond acceptors (Lipinski definition) is 3. The largest absolute Gasteiger partial charge is 0.327 e. The smallest absolute Gasteiger partial charge is 0.312 e. The van der Waals surface area contributed by atoms with Crippen LogP contribution in [0, 0.1) is 0 Å². The van der Waals surface area contributed by atoms with E-state index in [0.29, 0.717) is 0 Å². The third-order valence-electron chi connectivity index (χ3n) is 0.663. The van der Waals surface area contributed by atoms with E-state index < -0.39 is 7.60 Å². The molecule has 0 aliphatic carbocycles. The molecule has 60 valence electrons. The van der Waals surface area contributed by atoms with E-state index in [2.05, 4.69) is 9.05 Å². The van der Waals surface area contributed by atoms with Crippen LogP contribution in [-0.4, -0.2) is 20.9 Å². The molecular weight excluding hydrogens is 139 g/mol. The second kappa shape index (κ2) is 6.27. The lowest BCUT2D eigenvalue weighted by molar-refractivity contribution is 0.282. The summed E-state index contributed by atoms with van der Waals surface area (Å²) in [5, 5.41) is 0. The average molecular weight is 156 g/mol. The minimum absolute atomic E-state index is 0. The molecule has 0 N–H and O–H groups in total. The highest BCUT2D eigenvalue weighted by atomic mass is 31.2. The molecule has 0 rings (SSSR count). The molecule has 4 heteroatoms. The lowest BCUT2D eigenvalue weighted by Gasteiger charge is -2.04. The molecular formula is C5H17O3P. The maximum atomic E-state index is 10.5. The van der Waals surface area contributed by atoms with Gasteiger partial charge in [0.2, 0.25) is 0 Å². The van der Waals surface area contributed by atoms with Crippen molar-refractivity contribution < 1.29 is 13.6 Å². The zero-order valence-electron chi connectivity index (χ0n) is 4.67. The Labute approximate surface area is 57.9 Å². The van der Waals surface area contributed by atoms with Crippen molar-refractivity contribution >= 4 is 7.60 Å². The minimum atomic E-state index is -2.65. The third kappa shape index (κ3) is 8.15. The third-order valence-corrected chi connectivity index (χ3v) is 1.99. The predicted octanol–water partition coefficient (Wildman–Crippen LogP) is 2.37. The molecule has 0 atom stereocenters. The van der Waals surface area contributed by atoms with Crippen molar-refractivity contribution in [2.75, 3.05) is 20.9 Å². The fraction of sp³-hybridized carbons (Fsp3) is 1.00. The van der Waals surface area contributed by atoms with Crippen LogP contribution in [0.25, 0.3) is 0 Å². The zero-order valence-corrected chi connectivity index (χ0v) is 5.57. The quantitative estimate of drug-likeness (QED) is 0.576. The van der Waals surface area contributed by atoms with Crippen LogP contribution in [0.2, 0.25) is 0 Å². The summed E-state index contributed by atoms with van der Waals surface area (Å²) in [4.78, 5) is 0. The fourth-order valence-corrected chi connectivity index (χ4v) is 0.224. The Morgan fingerprint density at radius 2 is 1.33 bits per heavy atom. The van der Waals surface area contributed by atoms with Gasteiger partial charge in [-0.2, -0.15) is 0 Å². The van der Waals surface area contributed by atoms with Gasteiger partial charge in [-0.05, 0) is 0 Å². The molecule has 0 amide bonds. The van der Waals surface area contributed by atoms with Crippen molar-refractivity contribution in [1.82, 2.24) is 0 Å². The molecule has 0 saturated carbocycles. The lowest BCUT2D eigenvalue weighted by atomic mass is 11.8. The maximum absolute atomic E-state index is 10.5. The average Bonchev–Trinajstić information content (AvgIpc) is 1.68. The number of rotatable bonds is 2. The van der Waals surface area contributed by atoms with E-state index in [1.165, 1.54) is 20.9 Å². The van der Waals surface area contributed by atoms with Crippen LogP contribution in [0.4, 0.5) is 0 Å². The highest BCUT2D eigenvalue weighted by Crippen LogP contribution is 2.40. The second-order valence-electron chi connectivity index (χ2n) is 1.14. The molecule has 0 aromatic carbocycles. The normalized spacial score (nSPS) is 9.22. The standard InChI is InChI=1S/C3H9O3P.2CH4/c1-5-7(3,4)6-2;;/h1-3H3;2*1H4. The van der Waals surface area contributed by atoms with Crippen molar-refractivity contribution in [2.45, 2.75) is 14.9 Å². The summed E-state index contributed by atoms with van der Waals surface area (Å²) < 4.78 is 19.3. The predicted molar refractivity (Wildman–Crippen MR) is 41.0 cm³/mol. The van der Waals surface area contributed by atoms with Crippen LogP contribution < -0.4 is 0 Å². The minimum Gasteiger partial charge on any atom is -0.312 e. The van der Waals surface area contributed by atoms with Gasteiger partial charge in [-0.25, -0.2) is 0 Å². The van der Waals surface area contributed by atoms with Crippen LogP contribution in [0.3, 0.4) is 0 Å². The van der Waals surface area contributed by atoms with Gasteiger partial charge in [-0.3, -0.25) is 4.57 Å². The Hall–Kier alpha value is 0.150. The van der Waals surface area contributed by atoms with Crippen LogP contribution in [0.15, 0.2) is 0 Å². The van der Waals surface area contributed by atoms with Gasteiger partial charge in [-0.1, -0.05) is 14.9 Å². The van der Waals surface area contributed by atoms with Gasteiger partial charge in [0.1, 0.15) is 0 Å². The summed E-state index contributed by atoms with van der Waals surface area (Å²) in [5.74, 6) is 0. The first-order valence-corrected chi connectivity index (χ1v) is 3.80. The van der Waals surface area contributed by atoms with E-state index in [1.807, 2.05) is 0 Å². The van der Waals surface area contributed by atoms with Gasteiger partial charge in [0.25, 0.3) is 0 Å².